The van der Waals surface area contributed by atoms with Gasteiger partial charge in [0.2, 0.25) is 5.95 Å². The zero-order valence-corrected chi connectivity index (χ0v) is 19.9. The Kier molecular flexibility index (Phi) is 5.99. The first-order valence-electron chi connectivity index (χ1n) is 10.7. The zero-order valence-electron chi connectivity index (χ0n) is 18.3. The molecule has 1 aliphatic rings. The molecule has 6 bridgehead atoms. The lowest BCUT2D eigenvalue weighted by atomic mass is 10.0. The van der Waals surface area contributed by atoms with Gasteiger partial charge < -0.3 is 10.6 Å². The largest absolute Gasteiger partial charge is 0.339 e. The van der Waals surface area contributed by atoms with E-state index in [0.717, 1.165) is 16.8 Å². The van der Waals surface area contributed by atoms with Gasteiger partial charge >= 0.3 is 0 Å². The van der Waals surface area contributed by atoms with Gasteiger partial charge in [-0.1, -0.05) is 29.8 Å². The van der Waals surface area contributed by atoms with Crippen LogP contribution in [0.25, 0.3) is 0 Å². The summed E-state index contributed by atoms with van der Waals surface area (Å²) in [6, 6.07) is 21.1. The Morgan fingerprint density at radius 1 is 0.971 bits per heavy atom. The van der Waals surface area contributed by atoms with Crippen molar-refractivity contribution < 1.29 is 8.42 Å². The maximum absolute atomic E-state index is 13.1. The number of hydrogen-bond acceptors (Lipinski definition) is 7. The Labute approximate surface area is 207 Å². The van der Waals surface area contributed by atoms with Crippen molar-refractivity contribution in [3.8, 4) is 6.07 Å². The summed E-state index contributed by atoms with van der Waals surface area (Å²) in [5.41, 5.74) is 4.12. The molecule has 2 heterocycles. The van der Waals surface area contributed by atoms with Crippen molar-refractivity contribution in [3.05, 3.63) is 94.6 Å². The van der Waals surface area contributed by atoms with Gasteiger partial charge in [0.25, 0.3) is 10.0 Å². The standard InChI is InChI=1S/C25H19ClN6O2S/c26-22-15-28-25-30-19-5-1-3-16(11-19)7-8-18-13-20(29-24(22)31-25)9-10-23(18)32-35(33,34)21-6-2-4-17(12-21)14-27/h1-6,9-13,15,32H,7-8H2,(H2,28,29,30,31). The summed E-state index contributed by atoms with van der Waals surface area (Å²) in [6.45, 7) is 0. The van der Waals surface area contributed by atoms with E-state index in [1.54, 1.807) is 24.3 Å². The molecule has 174 valence electrons. The summed E-state index contributed by atoms with van der Waals surface area (Å²) < 4.78 is 28.9. The average Bonchev–Trinajstić information content (AvgIpc) is 2.86. The van der Waals surface area contributed by atoms with Crippen molar-refractivity contribution in [3.63, 3.8) is 0 Å². The Bertz CT molecular complexity index is 1580. The lowest BCUT2D eigenvalue weighted by molar-refractivity contribution is 0.601. The van der Waals surface area contributed by atoms with Gasteiger partial charge in [-0.15, -0.1) is 0 Å². The highest BCUT2D eigenvalue weighted by Gasteiger charge is 2.18. The maximum atomic E-state index is 13.1. The minimum absolute atomic E-state index is 0.0228. The molecule has 1 aliphatic heterocycles. The number of nitrogens with one attached hydrogen (secondary N) is 3. The van der Waals surface area contributed by atoms with E-state index in [1.165, 1.54) is 18.3 Å². The summed E-state index contributed by atoms with van der Waals surface area (Å²) >= 11 is 6.31. The highest BCUT2D eigenvalue weighted by Crippen LogP contribution is 2.30. The van der Waals surface area contributed by atoms with Crippen molar-refractivity contribution in [2.24, 2.45) is 0 Å². The number of sulfonamides is 1. The molecule has 0 fully saturated rings. The molecule has 0 aliphatic carbocycles. The smallest absolute Gasteiger partial charge is 0.261 e. The van der Waals surface area contributed by atoms with Crippen LogP contribution in [0.5, 0.6) is 0 Å². The fourth-order valence-corrected chi connectivity index (χ4v) is 5.06. The van der Waals surface area contributed by atoms with Crippen molar-refractivity contribution in [2.45, 2.75) is 17.7 Å². The first-order chi connectivity index (χ1) is 16.9. The molecule has 3 aromatic carbocycles. The molecule has 5 rings (SSSR count). The quantitative estimate of drug-likeness (QED) is 0.343. The topological polar surface area (TPSA) is 120 Å². The summed E-state index contributed by atoms with van der Waals surface area (Å²) in [5.74, 6) is 0.824. The van der Waals surface area contributed by atoms with Crippen LogP contribution in [0, 0.1) is 11.3 Å². The van der Waals surface area contributed by atoms with E-state index in [0.29, 0.717) is 41.0 Å². The van der Waals surface area contributed by atoms with E-state index in [2.05, 4.69) is 25.3 Å². The number of anilines is 5. The molecule has 3 N–H and O–H groups in total. The van der Waals surface area contributed by atoms with Crippen LogP contribution in [-0.4, -0.2) is 18.4 Å². The summed E-state index contributed by atoms with van der Waals surface area (Å²) in [6.07, 6.45) is 2.77. The molecule has 35 heavy (non-hydrogen) atoms. The second-order valence-electron chi connectivity index (χ2n) is 7.96. The average molecular weight is 503 g/mol. The third kappa shape index (κ3) is 5.04. The molecular weight excluding hydrogens is 484 g/mol. The van der Waals surface area contributed by atoms with Crippen LogP contribution in [-0.2, 0) is 22.9 Å². The van der Waals surface area contributed by atoms with E-state index in [9.17, 15) is 8.42 Å². The van der Waals surface area contributed by atoms with Gasteiger partial charge in [-0.2, -0.15) is 10.2 Å². The third-order valence-electron chi connectivity index (χ3n) is 5.50. The third-order valence-corrected chi connectivity index (χ3v) is 7.14. The Morgan fingerprint density at radius 3 is 2.66 bits per heavy atom. The van der Waals surface area contributed by atoms with Gasteiger partial charge in [0.05, 0.1) is 28.4 Å². The van der Waals surface area contributed by atoms with Crippen LogP contribution >= 0.6 is 11.6 Å². The second-order valence-corrected chi connectivity index (χ2v) is 10.0. The highest BCUT2D eigenvalue weighted by atomic mass is 35.5. The van der Waals surface area contributed by atoms with Gasteiger partial charge in [-0.05, 0) is 72.5 Å². The molecule has 0 atom stereocenters. The monoisotopic (exact) mass is 502 g/mol. The van der Waals surface area contributed by atoms with Gasteiger partial charge in [-0.3, -0.25) is 4.72 Å². The Morgan fingerprint density at radius 2 is 1.80 bits per heavy atom. The molecule has 0 saturated heterocycles. The molecule has 8 nitrogen and oxygen atoms in total. The molecule has 0 spiro atoms. The summed E-state index contributed by atoms with van der Waals surface area (Å²) in [4.78, 5) is 8.75. The SMILES string of the molecule is N#Cc1cccc(S(=O)(=O)Nc2ccc3cc2CCc2cccc(c2)Nc2ncc(Cl)c(n2)N3)c1. The number of benzene rings is 3. The minimum Gasteiger partial charge on any atom is -0.339 e. The first kappa shape index (κ1) is 22.7. The van der Waals surface area contributed by atoms with Crippen LogP contribution in [0.15, 0.2) is 77.8 Å². The first-order valence-corrected chi connectivity index (χ1v) is 12.6. The number of nitriles is 1. The van der Waals surface area contributed by atoms with Crippen LogP contribution in [0.2, 0.25) is 5.02 Å². The van der Waals surface area contributed by atoms with E-state index < -0.39 is 10.0 Å². The van der Waals surface area contributed by atoms with Gasteiger partial charge in [0, 0.05) is 11.4 Å². The fraction of sp³-hybridized carbons (Fsp3) is 0.0800. The van der Waals surface area contributed by atoms with E-state index in [-0.39, 0.29) is 10.5 Å². The number of aryl methyl sites for hydroxylation is 2. The molecule has 1 aromatic heterocycles. The minimum atomic E-state index is -3.90. The van der Waals surface area contributed by atoms with Crippen LogP contribution in [0.4, 0.5) is 28.8 Å². The van der Waals surface area contributed by atoms with Crippen LogP contribution < -0.4 is 15.4 Å². The summed E-state index contributed by atoms with van der Waals surface area (Å²) in [5, 5.41) is 15.9. The van der Waals surface area contributed by atoms with Gasteiger partial charge in [0.15, 0.2) is 5.82 Å². The Balaban J connectivity index is 1.55. The van der Waals surface area contributed by atoms with Crippen molar-refractivity contribution >= 4 is 50.5 Å². The fourth-order valence-electron chi connectivity index (χ4n) is 3.78. The second kappa shape index (κ2) is 9.25. The molecule has 0 saturated carbocycles. The lowest BCUT2D eigenvalue weighted by Crippen LogP contribution is -2.15. The number of halogens is 1. The maximum Gasteiger partial charge on any atom is 0.261 e. The molecule has 0 unspecified atom stereocenters. The van der Waals surface area contributed by atoms with Gasteiger partial charge in [-0.25, -0.2) is 13.4 Å². The van der Waals surface area contributed by atoms with E-state index >= 15 is 0 Å². The van der Waals surface area contributed by atoms with Crippen molar-refractivity contribution in [2.75, 3.05) is 15.4 Å². The predicted octanol–water partition coefficient (Wildman–Crippen LogP) is 5.39. The number of aromatic nitrogens is 2. The number of fused-ring (bicyclic) bond motifs is 6. The number of nitrogens with zero attached hydrogens (tertiary/aromatic N) is 3. The zero-order chi connectivity index (χ0) is 24.4. The van der Waals surface area contributed by atoms with Crippen molar-refractivity contribution in [1.82, 2.24) is 9.97 Å². The lowest BCUT2D eigenvalue weighted by Gasteiger charge is -2.15. The number of rotatable bonds is 3. The van der Waals surface area contributed by atoms with E-state index in [1.807, 2.05) is 36.4 Å². The molecule has 10 heteroatoms. The normalized spacial score (nSPS) is 12.6. The van der Waals surface area contributed by atoms with Crippen molar-refractivity contribution in [1.29, 1.82) is 5.26 Å². The molecular formula is C25H19ClN6O2S. The predicted molar refractivity (Wildman–Crippen MR) is 136 cm³/mol. The molecule has 0 radical (unpaired) electrons. The number of hydrogen-bond donors (Lipinski definition) is 3. The summed E-state index contributed by atoms with van der Waals surface area (Å²) in [7, 11) is -3.90. The molecule has 4 aromatic rings. The van der Waals surface area contributed by atoms with E-state index in [4.69, 9.17) is 16.9 Å². The highest BCUT2D eigenvalue weighted by molar-refractivity contribution is 7.92. The van der Waals surface area contributed by atoms with Crippen LogP contribution in [0.1, 0.15) is 16.7 Å². The molecule has 0 amide bonds. The van der Waals surface area contributed by atoms with Gasteiger partial charge in [0.1, 0.15) is 5.02 Å². The van der Waals surface area contributed by atoms with Crippen LogP contribution in [0.3, 0.4) is 0 Å². The Hall–Kier alpha value is -4.13.